The van der Waals surface area contributed by atoms with Crippen LogP contribution in [-0.2, 0) is 23.1 Å². The Bertz CT molecular complexity index is 527. The molecule has 1 aromatic heterocycles. The lowest BCUT2D eigenvalue weighted by molar-refractivity contribution is -0.144. The van der Waals surface area contributed by atoms with Crippen molar-refractivity contribution in [1.29, 1.82) is 0 Å². The van der Waals surface area contributed by atoms with E-state index in [-0.39, 0.29) is 12.3 Å². The van der Waals surface area contributed by atoms with Crippen molar-refractivity contribution in [2.24, 2.45) is 12.5 Å². The van der Waals surface area contributed by atoms with Gasteiger partial charge in [0.1, 0.15) is 6.04 Å². The van der Waals surface area contributed by atoms with Crippen molar-refractivity contribution in [3.05, 3.63) is 17.0 Å². The lowest BCUT2D eigenvalue weighted by Crippen LogP contribution is -2.49. The maximum atomic E-state index is 12.1. The summed E-state index contributed by atoms with van der Waals surface area (Å²) in [6.07, 6.45) is 0.144. The van der Waals surface area contributed by atoms with Crippen molar-refractivity contribution < 1.29 is 14.7 Å². The van der Waals surface area contributed by atoms with Crippen molar-refractivity contribution in [3.63, 3.8) is 0 Å². The first-order valence-electron chi connectivity index (χ1n) is 6.55. The van der Waals surface area contributed by atoms with Gasteiger partial charge in [-0.3, -0.25) is 9.48 Å². The quantitative estimate of drug-likeness (QED) is 0.868. The van der Waals surface area contributed by atoms with Crippen LogP contribution in [0.4, 0.5) is 0 Å². The molecule has 112 valence electrons. The van der Waals surface area contributed by atoms with Gasteiger partial charge in [0.15, 0.2) is 0 Å². The van der Waals surface area contributed by atoms with E-state index in [1.807, 2.05) is 20.9 Å². The Balaban J connectivity index is 2.84. The predicted octanol–water partition coefficient (Wildman–Crippen LogP) is 1.19. The van der Waals surface area contributed by atoms with E-state index in [4.69, 9.17) is 0 Å². The molecule has 20 heavy (non-hydrogen) atoms. The minimum Gasteiger partial charge on any atom is -0.480 e. The molecule has 0 saturated carbocycles. The molecule has 6 heteroatoms. The molecule has 1 aromatic rings. The summed E-state index contributed by atoms with van der Waals surface area (Å²) in [4.78, 5) is 23.3. The van der Waals surface area contributed by atoms with Gasteiger partial charge in [0, 0.05) is 18.3 Å². The first-order chi connectivity index (χ1) is 9.04. The smallest absolute Gasteiger partial charge is 0.326 e. The van der Waals surface area contributed by atoms with E-state index >= 15 is 0 Å². The maximum Gasteiger partial charge on any atom is 0.326 e. The molecule has 0 fully saturated rings. The molecule has 0 aromatic carbocycles. The van der Waals surface area contributed by atoms with Crippen LogP contribution in [0.1, 0.15) is 37.7 Å². The number of aliphatic carboxylic acids is 1. The normalized spacial score (nSPS) is 13.1. The molecule has 1 heterocycles. The SMILES string of the molecule is Cc1nn(C)c(C)c1CC(=O)NC(C(=O)O)C(C)(C)C. The molecule has 0 radical (unpaired) electrons. The number of nitrogens with zero attached hydrogens (tertiary/aromatic N) is 2. The second-order valence-corrected chi connectivity index (χ2v) is 6.15. The van der Waals surface area contributed by atoms with Crippen LogP contribution in [0.15, 0.2) is 0 Å². The topological polar surface area (TPSA) is 84.2 Å². The van der Waals surface area contributed by atoms with Gasteiger partial charge in [-0.15, -0.1) is 0 Å². The van der Waals surface area contributed by atoms with Crippen LogP contribution < -0.4 is 5.32 Å². The number of carbonyl (C=O) groups is 2. The summed E-state index contributed by atoms with van der Waals surface area (Å²) in [6.45, 7) is 9.08. The number of carboxylic acid groups (broad SMARTS) is 1. The predicted molar refractivity (Wildman–Crippen MR) is 75.4 cm³/mol. The number of hydrogen-bond acceptors (Lipinski definition) is 3. The van der Waals surface area contributed by atoms with Crippen molar-refractivity contribution >= 4 is 11.9 Å². The Morgan fingerprint density at radius 2 is 1.90 bits per heavy atom. The molecule has 0 aliphatic rings. The van der Waals surface area contributed by atoms with Crippen molar-refractivity contribution in [2.75, 3.05) is 0 Å². The van der Waals surface area contributed by atoms with Crippen molar-refractivity contribution in [1.82, 2.24) is 15.1 Å². The highest BCUT2D eigenvalue weighted by atomic mass is 16.4. The second kappa shape index (κ2) is 5.64. The lowest BCUT2D eigenvalue weighted by atomic mass is 9.86. The number of aryl methyl sites for hydroxylation is 2. The Morgan fingerprint density at radius 3 is 2.25 bits per heavy atom. The number of nitrogens with one attached hydrogen (secondary N) is 1. The Hall–Kier alpha value is -1.85. The van der Waals surface area contributed by atoms with Gasteiger partial charge < -0.3 is 10.4 Å². The number of aromatic nitrogens is 2. The number of hydrogen-bond donors (Lipinski definition) is 2. The monoisotopic (exact) mass is 281 g/mol. The number of carbonyl (C=O) groups excluding carboxylic acids is 1. The number of rotatable bonds is 4. The molecule has 0 aliphatic heterocycles. The third kappa shape index (κ3) is 3.59. The fourth-order valence-corrected chi connectivity index (χ4v) is 2.09. The Kier molecular flexibility index (Phi) is 4.57. The van der Waals surface area contributed by atoms with Crippen molar-refractivity contribution in [3.8, 4) is 0 Å². The largest absolute Gasteiger partial charge is 0.480 e. The molecule has 0 aliphatic carbocycles. The molecule has 1 atom stereocenters. The third-order valence-corrected chi connectivity index (χ3v) is 3.41. The number of carboxylic acids is 1. The van der Waals surface area contributed by atoms with Crippen LogP contribution in [0.25, 0.3) is 0 Å². The third-order valence-electron chi connectivity index (χ3n) is 3.41. The minimum atomic E-state index is -1.02. The highest BCUT2D eigenvalue weighted by Gasteiger charge is 2.32. The average Bonchev–Trinajstić information content (AvgIpc) is 2.51. The molecular weight excluding hydrogens is 258 g/mol. The van der Waals surface area contributed by atoms with E-state index in [9.17, 15) is 14.7 Å². The van der Waals surface area contributed by atoms with Crippen molar-refractivity contribution in [2.45, 2.75) is 47.1 Å². The fourth-order valence-electron chi connectivity index (χ4n) is 2.09. The molecule has 1 amide bonds. The average molecular weight is 281 g/mol. The van der Waals surface area contributed by atoms with Gasteiger partial charge in [0.05, 0.1) is 12.1 Å². The fraction of sp³-hybridized carbons (Fsp3) is 0.643. The molecule has 1 unspecified atom stereocenters. The van der Waals surface area contributed by atoms with Crippen LogP contribution in [-0.4, -0.2) is 32.8 Å². The van der Waals surface area contributed by atoms with Gasteiger partial charge in [-0.2, -0.15) is 5.10 Å². The summed E-state index contributed by atoms with van der Waals surface area (Å²) < 4.78 is 1.72. The lowest BCUT2D eigenvalue weighted by Gasteiger charge is -2.27. The van der Waals surface area contributed by atoms with E-state index < -0.39 is 17.4 Å². The zero-order valence-electron chi connectivity index (χ0n) is 12.9. The van der Waals surface area contributed by atoms with Gasteiger partial charge in [-0.05, 0) is 19.3 Å². The molecule has 0 saturated heterocycles. The highest BCUT2D eigenvalue weighted by Crippen LogP contribution is 2.20. The summed E-state index contributed by atoms with van der Waals surface area (Å²) >= 11 is 0. The van der Waals surface area contributed by atoms with E-state index in [1.54, 1.807) is 25.5 Å². The van der Waals surface area contributed by atoms with Crippen LogP contribution >= 0.6 is 0 Å². The summed E-state index contributed by atoms with van der Waals surface area (Å²) in [5.41, 5.74) is 2.02. The second-order valence-electron chi connectivity index (χ2n) is 6.15. The van der Waals surface area contributed by atoms with Gasteiger partial charge >= 0.3 is 5.97 Å². The molecule has 2 N–H and O–H groups in total. The summed E-state index contributed by atoms with van der Waals surface area (Å²) in [7, 11) is 1.82. The standard InChI is InChI=1S/C14H23N3O3/c1-8-10(9(2)17(6)16-8)7-11(18)15-12(13(19)20)14(3,4)5/h12H,7H2,1-6H3,(H,15,18)(H,19,20). The summed E-state index contributed by atoms with van der Waals surface area (Å²) in [6, 6.07) is -0.910. The first-order valence-corrected chi connectivity index (χ1v) is 6.55. The van der Waals surface area contributed by atoms with Gasteiger partial charge in [0.2, 0.25) is 5.91 Å². The zero-order valence-corrected chi connectivity index (χ0v) is 12.9. The zero-order chi connectivity index (χ0) is 15.7. The van der Waals surface area contributed by atoms with E-state index in [2.05, 4.69) is 10.4 Å². The molecule has 6 nitrogen and oxygen atoms in total. The van der Waals surface area contributed by atoms with E-state index in [1.165, 1.54) is 0 Å². The van der Waals surface area contributed by atoms with E-state index in [0.29, 0.717) is 0 Å². The number of amides is 1. The first kappa shape index (κ1) is 16.2. The molecule has 0 bridgehead atoms. The van der Waals surface area contributed by atoms with Gasteiger partial charge in [-0.25, -0.2) is 4.79 Å². The van der Waals surface area contributed by atoms with Crippen LogP contribution in [0.3, 0.4) is 0 Å². The highest BCUT2D eigenvalue weighted by molar-refractivity contribution is 5.85. The van der Waals surface area contributed by atoms with Gasteiger partial charge in [-0.1, -0.05) is 20.8 Å². The van der Waals surface area contributed by atoms with Gasteiger partial charge in [0.25, 0.3) is 0 Å². The van der Waals surface area contributed by atoms with Crippen LogP contribution in [0.5, 0.6) is 0 Å². The summed E-state index contributed by atoms with van der Waals surface area (Å²) in [5.74, 6) is -1.32. The maximum absolute atomic E-state index is 12.1. The summed E-state index contributed by atoms with van der Waals surface area (Å²) in [5, 5.41) is 16.0. The Morgan fingerprint density at radius 1 is 1.35 bits per heavy atom. The molecule has 0 spiro atoms. The molecular formula is C14H23N3O3. The van der Waals surface area contributed by atoms with E-state index in [0.717, 1.165) is 17.0 Å². The van der Waals surface area contributed by atoms with Crippen LogP contribution in [0.2, 0.25) is 0 Å². The van der Waals surface area contributed by atoms with Crippen LogP contribution in [0, 0.1) is 19.3 Å². The Labute approximate surface area is 119 Å². The minimum absolute atomic E-state index is 0.144. The molecule has 1 rings (SSSR count).